The molecule has 0 bridgehead atoms. The van der Waals surface area contributed by atoms with Gasteiger partial charge in [0.05, 0.1) is 6.61 Å². The third kappa shape index (κ3) is 4.23. The normalized spacial score (nSPS) is 12.9. The van der Waals surface area contributed by atoms with Gasteiger partial charge in [-0.15, -0.1) is 0 Å². The zero-order valence-electron chi connectivity index (χ0n) is 12.0. The molecule has 0 aliphatic carbocycles. The Hall–Kier alpha value is -1.03. The number of carbonyl (C=O) groups excluding carboxylic acids is 1. The van der Waals surface area contributed by atoms with E-state index in [2.05, 4.69) is 34.2 Å². The van der Waals surface area contributed by atoms with E-state index < -0.39 is 0 Å². The predicted molar refractivity (Wildman–Crippen MR) is 83.9 cm³/mol. The monoisotopic (exact) mass is 339 g/mol. The Morgan fingerprint density at radius 3 is 3.00 bits per heavy atom. The first kappa shape index (κ1) is 15.4. The van der Waals surface area contributed by atoms with Crippen molar-refractivity contribution in [1.29, 1.82) is 0 Å². The second kappa shape index (κ2) is 7.67. The van der Waals surface area contributed by atoms with Crippen molar-refractivity contribution in [3.8, 4) is 5.75 Å². The lowest BCUT2D eigenvalue weighted by molar-refractivity contribution is -0.121. The fourth-order valence-corrected chi connectivity index (χ4v) is 3.02. The molecule has 0 aromatic heterocycles. The lowest BCUT2D eigenvalue weighted by Crippen LogP contribution is -2.22. The van der Waals surface area contributed by atoms with Crippen LogP contribution in [0.5, 0.6) is 5.75 Å². The predicted octanol–water partition coefficient (Wildman–Crippen LogP) is 3.97. The van der Waals surface area contributed by atoms with Crippen molar-refractivity contribution in [3.63, 3.8) is 0 Å². The molecular weight excluding hydrogens is 318 g/mol. The first-order valence-electron chi connectivity index (χ1n) is 7.41. The summed E-state index contributed by atoms with van der Waals surface area (Å²) in [6.45, 7) is 3.46. The quantitative estimate of drug-likeness (QED) is 0.763. The van der Waals surface area contributed by atoms with Crippen LogP contribution in [0, 0.1) is 0 Å². The summed E-state index contributed by atoms with van der Waals surface area (Å²) in [7, 11) is 0. The summed E-state index contributed by atoms with van der Waals surface area (Å²) in [6.07, 6.45) is 6.10. The number of benzene rings is 1. The molecule has 0 atom stereocenters. The lowest BCUT2D eigenvalue weighted by atomic mass is 10.1. The molecule has 1 amide bonds. The van der Waals surface area contributed by atoms with E-state index in [-0.39, 0.29) is 5.91 Å². The van der Waals surface area contributed by atoms with Gasteiger partial charge >= 0.3 is 0 Å². The van der Waals surface area contributed by atoms with Crippen molar-refractivity contribution in [1.82, 2.24) is 5.32 Å². The SMILES string of the molecule is CCCCCCC(=O)NCc1cc(Br)cc2c1OCC2. The Morgan fingerprint density at radius 1 is 1.35 bits per heavy atom. The van der Waals surface area contributed by atoms with Gasteiger partial charge in [0.2, 0.25) is 5.91 Å². The number of hydrogen-bond donors (Lipinski definition) is 1. The van der Waals surface area contributed by atoms with Crippen LogP contribution in [-0.2, 0) is 17.8 Å². The maximum Gasteiger partial charge on any atom is 0.220 e. The number of nitrogens with one attached hydrogen (secondary N) is 1. The van der Waals surface area contributed by atoms with Crippen LogP contribution in [0.15, 0.2) is 16.6 Å². The zero-order chi connectivity index (χ0) is 14.4. The number of hydrogen-bond acceptors (Lipinski definition) is 2. The molecule has 110 valence electrons. The molecule has 0 saturated carbocycles. The summed E-state index contributed by atoms with van der Waals surface area (Å²) < 4.78 is 6.71. The number of halogens is 1. The Kier molecular flexibility index (Phi) is 5.89. The van der Waals surface area contributed by atoms with Crippen molar-refractivity contribution in [2.75, 3.05) is 6.61 Å². The van der Waals surface area contributed by atoms with E-state index in [9.17, 15) is 4.79 Å². The Labute approximate surface area is 129 Å². The van der Waals surface area contributed by atoms with E-state index in [0.29, 0.717) is 13.0 Å². The smallest absolute Gasteiger partial charge is 0.220 e. The highest BCUT2D eigenvalue weighted by Crippen LogP contribution is 2.32. The third-order valence-corrected chi connectivity index (χ3v) is 4.02. The molecule has 0 radical (unpaired) electrons. The standard InChI is InChI=1S/C16H22BrNO2/c1-2-3-4-5-6-15(19)18-11-13-10-14(17)9-12-7-8-20-16(12)13/h9-10H,2-8,11H2,1H3,(H,18,19). The van der Waals surface area contributed by atoms with Crippen LogP contribution in [0.4, 0.5) is 0 Å². The minimum Gasteiger partial charge on any atom is -0.493 e. The second-order valence-electron chi connectivity index (χ2n) is 5.24. The third-order valence-electron chi connectivity index (χ3n) is 3.56. The summed E-state index contributed by atoms with van der Waals surface area (Å²) in [6, 6.07) is 4.12. The molecule has 1 heterocycles. The number of ether oxygens (including phenoxy) is 1. The number of unbranched alkanes of at least 4 members (excludes halogenated alkanes) is 3. The van der Waals surface area contributed by atoms with Gasteiger partial charge in [0.15, 0.2) is 0 Å². The Bertz CT molecular complexity index is 474. The molecule has 0 fully saturated rings. The van der Waals surface area contributed by atoms with Crippen molar-refractivity contribution >= 4 is 21.8 Å². The highest BCUT2D eigenvalue weighted by atomic mass is 79.9. The first-order chi connectivity index (χ1) is 9.70. The molecule has 1 aromatic rings. The molecule has 0 saturated heterocycles. The Morgan fingerprint density at radius 2 is 2.20 bits per heavy atom. The van der Waals surface area contributed by atoms with E-state index in [4.69, 9.17) is 4.74 Å². The highest BCUT2D eigenvalue weighted by Gasteiger charge is 2.17. The van der Waals surface area contributed by atoms with Crippen LogP contribution < -0.4 is 10.1 Å². The molecule has 2 rings (SSSR count). The summed E-state index contributed by atoms with van der Waals surface area (Å²) in [5.41, 5.74) is 2.29. The van der Waals surface area contributed by atoms with Gasteiger partial charge in [0.1, 0.15) is 5.75 Å². The summed E-state index contributed by atoms with van der Waals surface area (Å²) in [5.74, 6) is 1.09. The molecule has 1 aromatic carbocycles. The van der Waals surface area contributed by atoms with Crippen molar-refractivity contribution in [2.45, 2.75) is 52.0 Å². The number of carbonyl (C=O) groups is 1. The van der Waals surface area contributed by atoms with Gasteiger partial charge in [0.25, 0.3) is 0 Å². The van der Waals surface area contributed by atoms with Crippen LogP contribution in [0.25, 0.3) is 0 Å². The summed E-state index contributed by atoms with van der Waals surface area (Å²) in [4.78, 5) is 11.8. The van der Waals surface area contributed by atoms with Gasteiger partial charge in [0, 0.05) is 29.4 Å². The van der Waals surface area contributed by atoms with Gasteiger partial charge < -0.3 is 10.1 Å². The van der Waals surface area contributed by atoms with Crippen LogP contribution in [-0.4, -0.2) is 12.5 Å². The molecule has 0 unspecified atom stereocenters. The van der Waals surface area contributed by atoms with Gasteiger partial charge in [-0.3, -0.25) is 4.79 Å². The van der Waals surface area contributed by atoms with Crippen molar-refractivity contribution in [2.24, 2.45) is 0 Å². The second-order valence-corrected chi connectivity index (χ2v) is 6.15. The van der Waals surface area contributed by atoms with Crippen LogP contribution in [0.3, 0.4) is 0 Å². The van der Waals surface area contributed by atoms with Crippen LogP contribution in [0.1, 0.15) is 50.2 Å². The average Bonchev–Trinajstić information content (AvgIpc) is 2.89. The van der Waals surface area contributed by atoms with Crippen molar-refractivity contribution in [3.05, 3.63) is 27.7 Å². The molecule has 4 heteroatoms. The van der Waals surface area contributed by atoms with Crippen molar-refractivity contribution < 1.29 is 9.53 Å². The molecule has 0 spiro atoms. The Balaban J connectivity index is 1.84. The average molecular weight is 340 g/mol. The first-order valence-corrected chi connectivity index (χ1v) is 8.20. The largest absolute Gasteiger partial charge is 0.493 e. The molecule has 20 heavy (non-hydrogen) atoms. The van der Waals surface area contributed by atoms with Crippen LogP contribution in [0.2, 0.25) is 0 Å². The van der Waals surface area contributed by atoms with Gasteiger partial charge in [-0.05, 0) is 24.1 Å². The minimum atomic E-state index is 0.132. The van der Waals surface area contributed by atoms with E-state index in [1.165, 1.54) is 18.4 Å². The van der Waals surface area contributed by atoms with E-state index in [1.54, 1.807) is 0 Å². The number of amides is 1. The number of rotatable bonds is 7. The molecule has 3 nitrogen and oxygen atoms in total. The fraction of sp³-hybridized carbons (Fsp3) is 0.562. The molecule has 1 aliphatic heterocycles. The zero-order valence-corrected chi connectivity index (χ0v) is 13.6. The summed E-state index contributed by atoms with van der Waals surface area (Å²) in [5, 5.41) is 2.99. The van der Waals surface area contributed by atoms with E-state index in [1.807, 2.05) is 6.07 Å². The highest BCUT2D eigenvalue weighted by molar-refractivity contribution is 9.10. The van der Waals surface area contributed by atoms with E-state index >= 15 is 0 Å². The van der Waals surface area contributed by atoms with Crippen LogP contribution >= 0.6 is 15.9 Å². The topological polar surface area (TPSA) is 38.3 Å². The minimum absolute atomic E-state index is 0.132. The maximum atomic E-state index is 11.8. The maximum absolute atomic E-state index is 11.8. The van der Waals surface area contributed by atoms with E-state index in [0.717, 1.165) is 41.7 Å². The van der Waals surface area contributed by atoms with Gasteiger partial charge in [-0.2, -0.15) is 0 Å². The molecule has 1 N–H and O–H groups in total. The molecular formula is C16H22BrNO2. The molecule has 1 aliphatic rings. The number of fused-ring (bicyclic) bond motifs is 1. The fourth-order valence-electron chi connectivity index (χ4n) is 2.47. The lowest BCUT2D eigenvalue weighted by Gasteiger charge is -2.10. The summed E-state index contributed by atoms with van der Waals surface area (Å²) >= 11 is 3.51. The van der Waals surface area contributed by atoms with Gasteiger partial charge in [-0.1, -0.05) is 42.1 Å². The van der Waals surface area contributed by atoms with Gasteiger partial charge in [-0.25, -0.2) is 0 Å².